The molecule has 2 bridgehead atoms. The average molecular weight is 866 g/mol. The van der Waals surface area contributed by atoms with Gasteiger partial charge in [-0.05, 0) is 108 Å². The van der Waals surface area contributed by atoms with E-state index in [0.29, 0.717) is 40.3 Å². The number of aliphatic hydroxyl groups is 1. The number of alkyl carbamates (subject to hydrolysis) is 1. The normalized spacial score (nSPS) is 17.5. The second-order valence-corrected chi connectivity index (χ2v) is 16.1. The molecule has 1 aromatic heterocycles. The van der Waals surface area contributed by atoms with Gasteiger partial charge < -0.3 is 45.4 Å². The van der Waals surface area contributed by atoms with Crippen molar-refractivity contribution < 1.29 is 38.8 Å². The maximum atomic E-state index is 13.2. The van der Waals surface area contributed by atoms with Gasteiger partial charge in [0.2, 0.25) is 5.56 Å². The fraction of sp³-hybridized carbons (Fsp3) is 0.280. The summed E-state index contributed by atoms with van der Waals surface area (Å²) in [4.78, 5) is 55.4. The minimum Gasteiger partial charge on any atom is -0.506 e. The summed E-state index contributed by atoms with van der Waals surface area (Å²) in [6, 6.07) is 36.8. The van der Waals surface area contributed by atoms with Gasteiger partial charge in [-0.15, -0.1) is 0 Å². The third kappa shape index (κ3) is 11.0. The number of nitrogens with one attached hydrogen (secondary N) is 4. The van der Waals surface area contributed by atoms with Crippen LogP contribution in [-0.4, -0.2) is 83.5 Å². The molecular formula is C50H51N5O9. The van der Waals surface area contributed by atoms with Crippen LogP contribution in [0.5, 0.6) is 11.5 Å². The highest BCUT2D eigenvalue weighted by atomic mass is 16.6. The summed E-state index contributed by atoms with van der Waals surface area (Å²) in [5.74, 6) is 0.127. The summed E-state index contributed by atoms with van der Waals surface area (Å²) < 4.78 is 17.5. The molecule has 0 radical (unpaired) electrons. The first kappa shape index (κ1) is 43.6. The average Bonchev–Trinajstić information content (AvgIpc) is 3.32. The SMILES string of the molecule is O=C(N[C@@H](c1ccccc1)c1cccc(OCc2ccc(C(=O)OCCNC(=O)c3ccc(CNCC(O)c4ccc(O)c5[nH]c(=O)ccc45)cc3)cc2)c1)OC1CN2CCC1CC2. The molecule has 3 aliphatic rings. The van der Waals surface area contributed by atoms with Crippen molar-refractivity contribution in [2.24, 2.45) is 5.92 Å². The largest absolute Gasteiger partial charge is 0.506 e. The van der Waals surface area contributed by atoms with E-state index in [9.17, 15) is 29.4 Å². The Kier molecular flexibility index (Phi) is 13.9. The summed E-state index contributed by atoms with van der Waals surface area (Å²) in [5.41, 5.74) is 4.80. The van der Waals surface area contributed by atoms with Crippen molar-refractivity contribution >= 4 is 28.9 Å². The van der Waals surface area contributed by atoms with Crippen LogP contribution in [0.1, 0.15) is 73.5 Å². The van der Waals surface area contributed by atoms with Gasteiger partial charge in [0.1, 0.15) is 30.8 Å². The highest BCUT2D eigenvalue weighted by molar-refractivity contribution is 5.94. The summed E-state index contributed by atoms with van der Waals surface area (Å²) in [7, 11) is 0. The molecular weight excluding hydrogens is 815 g/mol. The number of nitrogens with zero attached hydrogens (tertiary/aromatic N) is 1. The number of pyridine rings is 1. The fourth-order valence-electron chi connectivity index (χ4n) is 8.31. The topological polar surface area (TPSA) is 192 Å². The lowest BCUT2D eigenvalue weighted by Gasteiger charge is -2.43. The molecule has 3 fully saturated rings. The Labute approximate surface area is 370 Å². The number of aromatic nitrogens is 1. The maximum Gasteiger partial charge on any atom is 0.408 e. The Bertz CT molecular complexity index is 2610. The van der Waals surface area contributed by atoms with Gasteiger partial charge in [0.15, 0.2) is 0 Å². The lowest BCUT2D eigenvalue weighted by atomic mass is 9.86. The third-order valence-electron chi connectivity index (χ3n) is 11.8. The fourth-order valence-corrected chi connectivity index (χ4v) is 8.31. The molecule has 5 aromatic carbocycles. The molecule has 6 aromatic rings. The lowest BCUT2D eigenvalue weighted by Crippen LogP contribution is -2.52. The molecule has 3 aliphatic heterocycles. The van der Waals surface area contributed by atoms with Crippen LogP contribution in [0.2, 0.25) is 0 Å². The summed E-state index contributed by atoms with van der Waals surface area (Å²) in [6.45, 7) is 3.92. The lowest BCUT2D eigenvalue weighted by molar-refractivity contribution is -0.0336. The van der Waals surface area contributed by atoms with Gasteiger partial charge in [-0.2, -0.15) is 0 Å². The van der Waals surface area contributed by atoms with Crippen molar-refractivity contribution in [3.8, 4) is 11.5 Å². The quantitative estimate of drug-likeness (QED) is 0.0457. The van der Waals surface area contributed by atoms with E-state index in [0.717, 1.165) is 54.7 Å². The summed E-state index contributed by atoms with van der Waals surface area (Å²) in [5, 5.41) is 30.5. The van der Waals surface area contributed by atoms with Gasteiger partial charge in [0, 0.05) is 36.7 Å². The van der Waals surface area contributed by atoms with E-state index >= 15 is 0 Å². The zero-order chi connectivity index (χ0) is 44.4. The number of benzene rings is 5. The number of hydrogen-bond acceptors (Lipinski definition) is 11. The van der Waals surface area contributed by atoms with E-state index in [1.165, 1.54) is 12.1 Å². The van der Waals surface area contributed by atoms with E-state index < -0.39 is 24.2 Å². The van der Waals surface area contributed by atoms with Crippen molar-refractivity contribution in [3.05, 3.63) is 177 Å². The van der Waals surface area contributed by atoms with Crippen LogP contribution in [0, 0.1) is 5.92 Å². The molecule has 330 valence electrons. The molecule has 6 N–H and O–H groups in total. The Morgan fingerprint density at radius 1 is 0.812 bits per heavy atom. The van der Waals surface area contributed by atoms with Crippen molar-refractivity contribution in [1.82, 2.24) is 25.8 Å². The standard InChI is InChI=1S/C50H51N5O9/c56-42-19-17-40(41-18-20-45(58)53-47(41)42)43(57)29-51-28-32-9-13-36(14-10-32)48(59)52-23-26-62-49(60)37-15-11-33(12-16-37)31-63-39-8-4-7-38(27-39)46(35-5-2-1-3-6-35)54-50(61)64-44-30-55-24-21-34(44)22-25-55/h1-20,27,34,43-44,46,51,56-57H,21-26,28-31H2,(H,52,59)(H,53,58)(H,54,61)/t43?,44?,46-/m0/s1. The number of rotatable bonds is 17. The molecule has 0 saturated carbocycles. The molecule has 2 amide bonds. The first-order valence-electron chi connectivity index (χ1n) is 21.5. The zero-order valence-electron chi connectivity index (χ0n) is 35.2. The molecule has 9 rings (SSSR count). The van der Waals surface area contributed by atoms with Crippen LogP contribution < -0.4 is 26.2 Å². The van der Waals surface area contributed by atoms with Crippen LogP contribution >= 0.6 is 0 Å². The summed E-state index contributed by atoms with van der Waals surface area (Å²) >= 11 is 0. The Hall–Kier alpha value is -7.00. The number of aliphatic hydroxyl groups excluding tert-OH is 1. The Morgan fingerprint density at radius 3 is 2.30 bits per heavy atom. The van der Waals surface area contributed by atoms with Crippen LogP contribution in [0.25, 0.3) is 10.9 Å². The number of carbonyl (C=O) groups is 3. The Balaban J connectivity index is 0.758. The van der Waals surface area contributed by atoms with Gasteiger partial charge in [0.25, 0.3) is 5.91 Å². The Morgan fingerprint density at radius 2 is 1.55 bits per heavy atom. The van der Waals surface area contributed by atoms with Gasteiger partial charge in [-0.1, -0.05) is 72.8 Å². The first-order chi connectivity index (χ1) is 31.2. The number of aromatic amines is 1. The van der Waals surface area contributed by atoms with Crippen LogP contribution in [0.4, 0.5) is 4.79 Å². The van der Waals surface area contributed by atoms with Gasteiger partial charge >= 0.3 is 12.1 Å². The highest BCUT2D eigenvalue weighted by Gasteiger charge is 2.37. The molecule has 14 nitrogen and oxygen atoms in total. The second-order valence-electron chi connectivity index (χ2n) is 16.1. The van der Waals surface area contributed by atoms with Gasteiger partial charge in [-0.3, -0.25) is 14.5 Å². The van der Waals surface area contributed by atoms with Gasteiger partial charge in [-0.25, -0.2) is 9.59 Å². The minimum absolute atomic E-state index is 0.0151. The van der Waals surface area contributed by atoms with E-state index in [1.807, 2.05) is 54.6 Å². The van der Waals surface area contributed by atoms with Crippen molar-refractivity contribution in [2.75, 3.05) is 39.3 Å². The predicted molar refractivity (Wildman–Crippen MR) is 240 cm³/mol. The predicted octanol–water partition coefficient (Wildman–Crippen LogP) is 6.13. The second kappa shape index (κ2) is 20.5. The number of amides is 2. The van der Waals surface area contributed by atoms with E-state index in [4.69, 9.17) is 14.2 Å². The molecule has 14 heteroatoms. The number of piperidine rings is 3. The number of esters is 1. The van der Waals surface area contributed by atoms with Crippen molar-refractivity contribution in [2.45, 2.75) is 44.2 Å². The molecule has 64 heavy (non-hydrogen) atoms. The molecule has 3 atom stereocenters. The van der Waals surface area contributed by atoms with Gasteiger partial charge in [0.05, 0.1) is 29.8 Å². The molecule has 4 heterocycles. The third-order valence-corrected chi connectivity index (χ3v) is 11.8. The maximum absolute atomic E-state index is 13.2. The number of ether oxygens (including phenoxy) is 3. The highest BCUT2D eigenvalue weighted by Crippen LogP contribution is 2.31. The summed E-state index contributed by atoms with van der Waals surface area (Å²) in [6.07, 6.45) is 0.678. The first-order valence-corrected chi connectivity index (χ1v) is 21.5. The number of H-pyrrole nitrogens is 1. The number of phenolic OH excluding ortho intramolecular Hbond substituents is 1. The number of carbonyl (C=O) groups excluding carboxylic acids is 3. The molecule has 0 aliphatic carbocycles. The van der Waals surface area contributed by atoms with Crippen LogP contribution in [0.15, 0.2) is 132 Å². The molecule has 3 saturated heterocycles. The monoisotopic (exact) mass is 865 g/mol. The zero-order valence-corrected chi connectivity index (χ0v) is 35.2. The number of phenols is 1. The van der Waals surface area contributed by atoms with E-state index in [-0.39, 0.29) is 55.1 Å². The molecule has 2 unspecified atom stereocenters. The van der Waals surface area contributed by atoms with Crippen molar-refractivity contribution in [3.63, 3.8) is 0 Å². The smallest absolute Gasteiger partial charge is 0.408 e. The van der Waals surface area contributed by atoms with Crippen molar-refractivity contribution in [1.29, 1.82) is 0 Å². The van der Waals surface area contributed by atoms with Crippen LogP contribution in [0.3, 0.4) is 0 Å². The number of aromatic hydroxyl groups is 1. The number of hydrogen-bond donors (Lipinski definition) is 6. The minimum atomic E-state index is -0.897. The van der Waals surface area contributed by atoms with E-state index in [2.05, 4.69) is 25.8 Å². The number of fused-ring (bicyclic) bond motifs is 4. The van der Waals surface area contributed by atoms with E-state index in [1.54, 1.807) is 60.7 Å². The molecule has 0 spiro atoms. The van der Waals surface area contributed by atoms with Crippen LogP contribution in [-0.2, 0) is 22.6 Å².